The molecule has 1 fully saturated rings. The molecule has 0 unspecified atom stereocenters. The number of anilines is 1. The molecule has 29 heavy (non-hydrogen) atoms. The highest BCUT2D eigenvalue weighted by Gasteiger charge is 2.23. The molecular weight excluding hydrogens is 378 g/mol. The molecule has 0 radical (unpaired) electrons. The van der Waals surface area contributed by atoms with Crippen LogP contribution in [0.1, 0.15) is 34.9 Å². The Hall–Kier alpha value is -3.30. The highest BCUT2D eigenvalue weighted by Crippen LogP contribution is 2.18. The number of aliphatic hydroxyl groups excluding tert-OH is 1. The van der Waals surface area contributed by atoms with Gasteiger partial charge >= 0.3 is 0 Å². The Labute approximate surface area is 166 Å². The van der Waals surface area contributed by atoms with E-state index in [2.05, 4.69) is 10.6 Å². The third-order valence-corrected chi connectivity index (χ3v) is 4.56. The Bertz CT molecular complexity index is 893. The first kappa shape index (κ1) is 20.4. The van der Waals surface area contributed by atoms with Crippen LogP contribution in [0.25, 0.3) is 0 Å². The standard InChI is InChI=1S/C20H21N3O6/c24-17(13-6-8-16(9-7-13)23(27)28)12-21-19(25)14-3-1-4-15(11-14)22-20(26)18-5-2-10-29-18/h1,3-4,6-9,11,17-18,24H,2,5,10,12H2,(H,21,25)(H,22,26)/t17-,18+/m1/s1. The molecule has 0 spiro atoms. The molecule has 2 amide bonds. The second kappa shape index (κ2) is 9.26. The molecule has 152 valence electrons. The number of aliphatic hydroxyl groups is 1. The average molecular weight is 399 g/mol. The first-order chi connectivity index (χ1) is 13.9. The van der Waals surface area contributed by atoms with Crippen LogP contribution in [0.15, 0.2) is 48.5 Å². The molecule has 2 aromatic rings. The zero-order valence-corrected chi connectivity index (χ0v) is 15.5. The smallest absolute Gasteiger partial charge is 0.269 e. The van der Waals surface area contributed by atoms with Crippen molar-refractivity contribution in [2.75, 3.05) is 18.5 Å². The van der Waals surface area contributed by atoms with Crippen LogP contribution in [-0.4, -0.2) is 41.1 Å². The Balaban J connectivity index is 1.56. The number of ether oxygens (including phenoxy) is 1. The van der Waals surface area contributed by atoms with Gasteiger partial charge in [0.2, 0.25) is 0 Å². The van der Waals surface area contributed by atoms with Gasteiger partial charge in [-0.05, 0) is 48.7 Å². The summed E-state index contributed by atoms with van der Waals surface area (Å²) in [6, 6.07) is 11.9. The van der Waals surface area contributed by atoms with Crippen molar-refractivity contribution in [1.82, 2.24) is 5.32 Å². The number of hydrogen-bond acceptors (Lipinski definition) is 6. The van der Waals surface area contributed by atoms with Crippen LogP contribution in [0, 0.1) is 10.1 Å². The van der Waals surface area contributed by atoms with E-state index in [9.17, 15) is 24.8 Å². The largest absolute Gasteiger partial charge is 0.387 e. The molecule has 1 saturated heterocycles. The SMILES string of the molecule is O=C(NC[C@@H](O)c1ccc([N+](=O)[O-])cc1)c1cccc(NC(=O)[C@@H]2CCCO2)c1. The second-order valence-electron chi connectivity index (χ2n) is 6.65. The number of rotatable bonds is 7. The average Bonchev–Trinajstić information content (AvgIpc) is 3.27. The molecule has 2 atom stereocenters. The van der Waals surface area contributed by atoms with Gasteiger partial charge in [-0.25, -0.2) is 0 Å². The summed E-state index contributed by atoms with van der Waals surface area (Å²) in [4.78, 5) is 34.6. The molecule has 3 N–H and O–H groups in total. The quantitative estimate of drug-likeness (QED) is 0.483. The fourth-order valence-electron chi connectivity index (χ4n) is 2.97. The summed E-state index contributed by atoms with van der Waals surface area (Å²) in [5, 5.41) is 26.2. The highest BCUT2D eigenvalue weighted by atomic mass is 16.6. The number of nitro groups is 1. The van der Waals surface area contributed by atoms with Crippen molar-refractivity contribution in [1.29, 1.82) is 0 Å². The molecule has 0 bridgehead atoms. The number of nitro benzene ring substituents is 1. The number of amides is 2. The molecule has 1 aliphatic heterocycles. The summed E-state index contributed by atoms with van der Waals surface area (Å²) in [7, 11) is 0. The number of nitrogens with one attached hydrogen (secondary N) is 2. The third kappa shape index (κ3) is 5.37. The summed E-state index contributed by atoms with van der Waals surface area (Å²) in [5.74, 6) is -0.659. The molecular formula is C20H21N3O6. The lowest BCUT2D eigenvalue weighted by atomic mass is 10.1. The molecule has 3 rings (SSSR count). The van der Waals surface area contributed by atoms with Crippen LogP contribution in [-0.2, 0) is 9.53 Å². The maximum absolute atomic E-state index is 12.4. The second-order valence-corrected chi connectivity index (χ2v) is 6.65. The lowest BCUT2D eigenvalue weighted by Gasteiger charge is -2.13. The minimum Gasteiger partial charge on any atom is -0.387 e. The molecule has 2 aromatic carbocycles. The zero-order chi connectivity index (χ0) is 20.8. The third-order valence-electron chi connectivity index (χ3n) is 4.56. The van der Waals surface area contributed by atoms with Crippen molar-refractivity contribution in [3.8, 4) is 0 Å². The summed E-state index contributed by atoms with van der Waals surface area (Å²) in [5.41, 5.74) is 1.18. The van der Waals surface area contributed by atoms with Gasteiger partial charge in [0.05, 0.1) is 11.0 Å². The summed E-state index contributed by atoms with van der Waals surface area (Å²) in [6.07, 6.45) is 0.0379. The van der Waals surface area contributed by atoms with Crippen LogP contribution >= 0.6 is 0 Å². The van der Waals surface area contributed by atoms with Crippen molar-refractivity contribution in [2.45, 2.75) is 25.0 Å². The number of hydrogen-bond donors (Lipinski definition) is 3. The van der Waals surface area contributed by atoms with Crippen LogP contribution in [0.4, 0.5) is 11.4 Å². The van der Waals surface area contributed by atoms with Gasteiger partial charge in [0.1, 0.15) is 6.10 Å². The van der Waals surface area contributed by atoms with Gasteiger partial charge in [-0.1, -0.05) is 6.07 Å². The molecule has 0 aliphatic carbocycles. The molecule has 1 heterocycles. The predicted octanol–water partition coefficient (Wildman–Crippen LogP) is 2.18. The Morgan fingerprint density at radius 2 is 2.00 bits per heavy atom. The minimum absolute atomic E-state index is 0.0663. The van der Waals surface area contributed by atoms with Crippen molar-refractivity contribution in [3.05, 3.63) is 69.8 Å². The number of benzene rings is 2. The van der Waals surface area contributed by atoms with Gasteiger partial charge in [-0.2, -0.15) is 0 Å². The Morgan fingerprint density at radius 3 is 2.66 bits per heavy atom. The van der Waals surface area contributed by atoms with Crippen molar-refractivity contribution < 1.29 is 24.4 Å². The van der Waals surface area contributed by atoms with Gasteiger partial charge in [0, 0.05) is 36.5 Å². The predicted molar refractivity (Wildman–Crippen MR) is 104 cm³/mol. The van der Waals surface area contributed by atoms with E-state index in [1.807, 2.05) is 0 Å². The van der Waals surface area contributed by atoms with E-state index in [0.29, 0.717) is 29.8 Å². The number of nitrogens with zero attached hydrogens (tertiary/aromatic N) is 1. The fourth-order valence-corrected chi connectivity index (χ4v) is 2.97. The maximum atomic E-state index is 12.4. The van der Waals surface area contributed by atoms with E-state index in [1.165, 1.54) is 24.3 Å². The van der Waals surface area contributed by atoms with Gasteiger partial charge in [-0.3, -0.25) is 19.7 Å². The molecule has 1 aliphatic rings. The first-order valence-corrected chi connectivity index (χ1v) is 9.17. The highest BCUT2D eigenvalue weighted by molar-refractivity contribution is 5.98. The van der Waals surface area contributed by atoms with Gasteiger partial charge in [0.25, 0.3) is 17.5 Å². The Kier molecular flexibility index (Phi) is 6.53. The first-order valence-electron chi connectivity index (χ1n) is 9.17. The summed E-state index contributed by atoms with van der Waals surface area (Å²) in [6.45, 7) is 0.501. The maximum Gasteiger partial charge on any atom is 0.269 e. The topological polar surface area (TPSA) is 131 Å². The van der Waals surface area contributed by atoms with Crippen molar-refractivity contribution in [2.24, 2.45) is 0 Å². The van der Waals surface area contributed by atoms with E-state index >= 15 is 0 Å². The molecule has 9 nitrogen and oxygen atoms in total. The molecule has 9 heteroatoms. The van der Waals surface area contributed by atoms with Gasteiger partial charge in [0.15, 0.2) is 0 Å². The van der Waals surface area contributed by atoms with E-state index < -0.39 is 23.0 Å². The van der Waals surface area contributed by atoms with Gasteiger partial charge in [-0.15, -0.1) is 0 Å². The zero-order valence-electron chi connectivity index (χ0n) is 15.5. The van der Waals surface area contributed by atoms with E-state index in [4.69, 9.17) is 4.74 Å². The van der Waals surface area contributed by atoms with Crippen LogP contribution in [0.5, 0.6) is 0 Å². The van der Waals surface area contributed by atoms with Crippen molar-refractivity contribution in [3.63, 3.8) is 0 Å². The van der Waals surface area contributed by atoms with E-state index in [0.717, 1.165) is 6.42 Å². The Morgan fingerprint density at radius 1 is 1.24 bits per heavy atom. The lowest BCUT2D eigenvalue weighted by molar-refractivity contribution is -0.384. The monoisotopic (exact) mass is 399 g/mol. The van der Waals surface area contributed by atoms with Gasteiger partial charge < -0.3 is 20.5 Å². The van der Waals surface area contributed by atoms with E-state index in [1.54, 1.807) is 24.3 Å². The van der Waals surface area contributed by atoms with Crippen molar-refractivity contribution >= 4 is 23.2 Å². The van der Waals surface area contributed by atoms with Crippen LogP contribution < -0.4 is 10.6 Å². The number of carbonyl (C=O) groups excluding carboxylic acids is 2. The fraction of sp³-hybridized carbons (Fsp3) is 0.300. The van der Waals surface area contributed by atoms with Crippen LogP contribution in [0.2, 0.25) is 0 Å². The lowest BCUT2D eigenvalue weighted by Crippen LogP contribution is -2.29. The van der Waals surface area contributed by atoms with E-state index in [-0.39, 0.29) is 18.1 Å². The number of non-ortho nitro benzene ring substituents is 1. The normalized spacial score (nSPS) is 16.8. The molecule has 0 aromatic heterocycles. The number of carbonyl (C=O) groups is 2. The molecule has 0 saturated carbocycles. The summed E-state index contributed by atoms with van der Waals surface area (Å²) >= 11 is 0. The van der Waals surface area contributed by atoms with Crippen LogP contribution in [0.3, 0.4) is 0 Å². The minimum atomic E-state index is -1.01. The summed E-state index contributed by atoms with van der Waals surface area (Å²) < 4.78 is 5.34.